The zero-order valence-electron chi connectivity index (χ0n) is 11.0. The second-order valence-electron chi connectivity index (χ2n) is 5.35. The third-order valence-corrected chi connectivity index (χ3v) is 3.52. The molecule has 1 aliphatic rings. The van der Waals surface area contributed by atoms with Crippen LogP contribution in [0.15, 0.2) is 0 Å². The Morgan fingerprint density at radius 1 is 1.18 bits per heavy atom. The van der Waals surface area contributed by atoms with Gasteiger partial charge < -0.3 is 15.2 Å². The predicted molar refractivity (Wildman–Crippen MR) is 62.5 cm³/mol. The van der Waals surface area contributed by atoms with Crippen LogP contribution in [0.3, 0.4) is 0 Å². The predicted octanol–water partition coefficient (Wildman–Crippen LogP) is 1.03. The van der Waals surface area contributed by atoms with Gasteiger partial charge in [0.1, 0.15) is 5.54 Å². The number of carbonyl (C=O) groups excluding carboxylic acids is 1. The minimum absolute atomic E-state index is 0.0219. The molecule has 1 rings (SSSR count). The van der Waals surface area contributed by atoms with Crippen molar-refractivity contribution in [3.8, 4) is 0 Å². The van der Waals surface area contributed by atoms with Crippen molar-refractivity contribution in [3.05, 3.63) is 0 Å². The number of rotatable bonds is 3. The number of carboxylic acid groups (broad SMARTS) is 1. The van der Waals surface area contributed by atoms with Crippen molar-refractivity contribution in [3.63, 3.8) is 0 Å². The molecule has 98 valence electrons. The molecule has 1 fully saturated rings. The van der Waals surface area contributed by atoms with Crippen LogP contribution in [-0.2, 0) is 14.3 Å². The number of aliphatic carboxylic acids is 1. The van der Waals surface area contributed by atoms with Crippen molar-refractivity contribution >= 4 is 11.9 Å². The first-order valence-electron chi connectivity index (χ1n) is 5.87. The molecular weight excluding hydrogens is 222 g/mol. The summed E-state index contributed by atoms with van der Waals surface area (Å²) in [6.07, 6.45) is -0.154. The van der Waals surface area contributed by atoms with E-state index in [-0.39, 0.29) is 30.0 Å². The molecule has 1 saturated heterocycles. The maximum Gasteiger partial charge on any atom is 0.328 e. The highest BCUT2D eigenvalue weighted by Crippen LogP contribution is 2.32. The molecule has 0 aromatic carbocycles. The molecule has 4 atom stereocenters. The minimum atomic E-state index is -1.25. The normalized spacial score (nSPS) is 33.5. The van der Waals surface area contributed by atoms with Gasteiger partial charge >= 0.3 is 5.97 Å². The molecule has 1 aliphatic heterocycles. The highest BCUT2D eigenvalue weighted by molar-refractivity contribution is 5.88. The van der Waals surface area contributed by atoms with E-state index in [0.29, 0.717) is 0 Å². The first-order valence-corrected chi connectivity index (χ1v) is 5.87. The van der Waals surface area contributed by atoms with Crippen LogP contribution in [0.1, 0.15) is 34.6 Å². The van der Waals surface area contributed by atoms with Gasteiger partial charge in [-0.1, -0.05) is 6.92 Å². The second-order valence-corrected chi connectivity index (χ2v) is 5.35. The van der Waals surface area contributed by atoms with Crippen LogP contribution < -0.4 is 5.32 Å². The molecule has 2 N–H and O–H groups in total. The molecule has 1 amide bonds. The van der Waals surface area contributed by atoms with Crippen LogP contribution in [-0.4, -0.2) is 34.7 Å². The first kappa shape index (κ1) is 14.0. The maximum absolute atomic E-state index is 12.1. The van der Waals surface area contributed by atoms with Gasteiger partial charge in [-0.15, -0.1) is 0 Å². The highest BCUT2D eigenvalue weighted by atomic mass is 16.5. The van der Waals surface area contributed by atoms with Crippen molar-refractivity contribution in [2.24, 2.45) is 11.8 Å². The van der Waals surface area contributed by atoms with E-state index in [4.69, 9.17) is 9.84 Å². The number of amides is 1. The van der Waals surface area contributed by atoms with Gasteiger partial charge in [-0.2, -0.15) is 0 Å². The van der Waals surface area contributed by atoms with E-state index < -0.39 is 11.5 Å². The number of carbonyl (C=O) groups is 2. The molecule has 17 heavy (non-hydrogen) atoms. The van der Waals surface area contributed by atoms with Gasteiger partial charge in [0.05, 0.1) is 18.1 Å². The van der Waals surface area contributed by atoms with E-state index in [9.17, 15) is 9.59 Å². The van der Waals surface area contributed by atoms with Crippen LogP contribution in [0, 0.1) is 11.8 Å². The Balaban J connectivity index is 2.75. The van der Waals surface area contributed by atoms with Crippen LogP contribution in [0.4, 0.5) is 0 Å². The van der Waals surface area contributed by atoms with Crippen molar-refractivity contribution in [1.29, 1.82) is 0 Å². The van der Waals surface area contributed by atoms with Crippen LogP contribution >= 0.6 is 0 Å². The standard InChI is InChI=1S/C12H21NO4/c1-6-7(2)17-8(3)9(6)10(14)13-12(4,5)11(15)16/h6-9H,1-5H3,(H,13,14)(H,15,16). The van der Waals surface area contributed by atoms with E-state index in [1.807, 2.05) is 20.8 Å². The van der Waals surface area contributed by atoms with Crippen molar-refractivity contribution in [2.75, 3.05) is 0 Å². The molecule has 0 aromatic rings. The topological polar surface area (TPSA) is 75.6 Å². The molecular formula is C12H21NO4. The van der Waals surface area contributed by atoms with Crippen LogP contribution in [0.5, 0.6) is 0 Å². The number of nitrogens with one attached hydrogen (secondary N) is 1. The molecule has 0 spiro atoms. The van der Waals surface area contributed by atoms with Gasteiger partial charge in [-0.25, -0.2) is 4.79 Å². The quantitative estimate of drug-likeness (QED) is 0.776. The smallest absolute Gasteiger partial charge is 0.328 e. The molecule has 0 aliphatic carbocycles. The van der Waals surface area contributed by atoms with Gasteiger partial charge in [-0.3, -0.25) is 4.79 Å². The number of hydrogen-bond acceptors (Lipinski definition) is 3. The Labute approximate surface area is 102 Å². The summed E-state index contributed by atoms with van der Waals surface area (Å²) < 4.78 is 5.57. The molecule has 0 bridgehead atoms. The van der Waals surface area contributed by atoms with E-state index in [1.165, 1.54) is 13.8 Å². The second kappa shape index (κ2) is 4.64. The third kappa shape index (κ3) is 2.77. The van der Waals surface area contributed by atoms with E-state index in [0.717, 1.165) is 0 Å². The lowest BCUT2D eigenvalue weighted by Gasteiger charge is -2.25. The average molecular weight is 243 g/mol. The molecule has 5 heteroatoms. The number of ether oxygens (including phenoxy) is 1. The van der Waals surface area contributed by atoms with Gasteiger partial charge in [0.15, 0.2) is 0 Å². The lowest BCUT2D eigenvalue weighted by Crippen LogP contribution is -2.53. The molecule has 0 radical (unpaired) electrons. The fraction of sp³-hybridized carbons (Fsp3) is 0.833. The zero-order valence-corrected chi connectivity index (χ0v) is 11.0. The van der Waals surface area contributed by atoms with Gasteiger partial charge in [-0.05, 0) is 33.6 Å². The fourth-order valence-corrected chi connectivity index (χ4v) is 2.16. The molecule has 4 unspecified atom stereocenters. The van der Waals surface area contributed by atoms with Crippen molar-refractivity contribution in [2.45, 2.75) is 52.4 Å². The summed E-state index contributed by atoms with van der Waals surface area (Å²) >= 11 is 0. The minimum Gasteiger partial charge on any atom is -0.480 e. The van der Waals surface area contributed by atoms with Crippen molar-refractivity contribution < 1.29 is 19.4 Å². The van der Waals surface area contributed by atoms with E-state index in [2.05, 4.69) is 5.32 Å². The summed E-state index contributed by atoms with van der Waals surface area (Å²) in [4.78, 5) is 23.0. The largest absolute Gasteiger partial charge is 0.480 e. The zero-order chi connectivity index (χ0) is 13.4. The Kier molecular flexibility index (Phi) is 3.81. The Bertz CT molecular complexity index is 326. The van der Waals surface area contributed by atoms with Gasteiger partial charge in [0, 0.05) is 0 Å². The lowest BCUT2D eigenvalue weighted by molar-refractivity contribution is -0.147. The molecule has 0 aromatic heterocycles. The SMILES string of the molecule is CC1OC(C)C(C(=O)NC(C)(C)C(=O)O)C1C. The summed E-state index contributed by atoms with van der Waals surface area (Å²) in [5.74, 6) is -1.49. The lowest BCUT2D eigenvalue weighted by atomic mass is 9.88. The molecule has 1 heterocycles. The highest BCUT2D eigenvalue weighted by Gasteiger charge is 2.43. The van der Waals surface area contributed by atoms with Crippen LogP contribution in [0.25, 0.3) is 0 Å². The van der Waals surface area contributed by atoms with Crippen molar-refractivity contribution in [1.82, 2.24) is 5.32 Å². The number of carboxylic acids is 1. The molecule has 0 saturated carbocycles. The fourth-order valence-electron chi connectivity index (χ4n) is 2.16. The number of hydrogen-bond donors (Lipinski definition) is 2. The van der Waals surface area contributed by atoms with Gasteiger partial charge in [0.25, 0.3) is 0 Å². The maximum atomic E-state index is 12.1. The monoisotopic (exact) mass is 243 g/mol. The van der Waals surface area contributed by atoms with Gasteiger partial charge in [0.2, 0.25) is 5.91 Å². The Morgan fingerprint density at radius 3 is 2.06 bits per heavy atom. The molecule has 5 nitrogen and oxygen atoms in total. The Hall–Kier alpha value is -1.10. The van der Waals surface area contributed by atoms with E-state index >= 15 is 0 Å². The summed E-state index contributed by atoms with van der Waals surface area (Å²) in [5, 5.41) is 11.5. The van der Waals surface area contributed by atoms with E-state index in [1.54, 1.807) is 0 Å². The summed E-state index contributed by atoms with van der Waals surface area (Å²) in [6, 6.07) is 0. The summed E-state index contributed by atoms with van der Waals surface area (Å²) in [6.45, 7) is 8.67. The summed E-state index contributed by atoms with van der Waals surface area (Å²) in [7, 11) is 0. The Morgan fingerprint density at radius 2 is 1.71 bits per heavy atom. The third-order valence-electron chi connectivity index (χ3n) is 3.52. The average Bonchev–Trinajstić information content (AvgIpc) is 2.39. The van der Waals surface area contributed by atoms with Crippen LogP contribution in [0.2, 0.25) is 0 Å². The first-order chi connectivity index (χ1) is 7.66. The summed E-state index contributed by atoms with van der Waals surface area (Å²) in [5.41, 5.74) is -1.25.